The number of aromatic nitrogens is 2. The molecule has 0 unspecified atom stereocenters. The maximum atomic E-state index is 4.19. The summed E-state index contributed by atoms with van der Waals surface area (Å²) >= 11 is 0. The molecule has 1 aromatic heterocycles. The molecular weight excluding hydrogens is 188 g/mol. The van der Waals surface area contributed by atoms with E-state index in [1.807, 2.05) is 13.1 Å². The lowest BCUT2D eigenvalue weighted by molar-refractivity contribution is 0.509. The van der Waals surface area contributed by atoms with E-state index in [0.29, 0.717) is 0 Å². The van der Waals surface area contributed by atoms with E-state index in [1.165, 1.54) is 0 Å². The zero-order valence-corrected chi connectivity index (χ0v) is 9.96. The van der Waals surface area contributed by atoms with E-state index in [2.05, 4.69) is 41.4 Å². The molecule has 0 amide bonds. The molecule has 2 N–H and O–H groups in total. The third kappa shape index (κ3) is 3.73. The van der Waals surface area contributed by atoms with Gasteiger partial charge in [-0.15, -0.1) is 0 Å². The zero-order chi connectivity index (χ0) is 11.3. The summed E-state index contributed by atoms with van der Waals surface area (Å²) in [6.07, 6.45) is 3.84. The van der Waals surface area contributed by atoms with Crippen LogP contribution in [-0.2, 0) is 0 Å². The summed E-state index contributed by atoms with van der Waals surface area (Å²) in [7, 11) is 1.85. The van der Waals surface area contributed by atoms with Gasteiger partial charge in [-0.25, -0.2) is 9.97 Å². The van der Waals surface area contributed by atoms with Gasteiger partial charge in [0.2, 0.25) is 0 Å². The molecule has 1 rings (SSSR count). The molecule has 0 aliphatic rings. The predicted molar refractivity (Wildman–Crippen MR) is 64.2 cm³/mol. The first-order valence-corrected chi connectivity index (χ1v) is 5.35. The van der Waals surface area contributed by atoms with Crippen LogP contribution in [0.2, 0.25) is 0 Å². The van der Waals surface area contributed by atoms with E-state index in [9.17, 15) is 0 Å². The van der Waals surface area contributed by atoms with Crippen molar-refractivity contribution in [1.29, 1.82) is 0 Å². The molecule has 0 aromatic carbocycles. The Hall–Kier alpha value is -1.32. The molecule has 0 bridgehead atoms. The predicted octanol–water partition coefficient (Wildman–Crippen LogP) is 2.51. The summed E-state index contributed by atoms with van der Waals surface area (Å²) in [5.74, 6) is 1.70. The summed E-state index contributed by atoms with van der Waals surface area (Å²) < 4.78 is 0. The Kier molecular flexibility index (Phi) is 3.88. The molecule has 4 heteroatoms. The lowest BCUT2D eigenvalue weighted by atomic mass is 9.99. The normalized spacial score (nSPS) is 11.2. The van der Waals surface area contributed by atoms with Crippen LogP contribution in [0, 0.1) is 0 Å². The van der Waals surface area contributed by atoms with Gasteiger partial charge in [-0.3, -0.25) is 0 Å². The maximum absolute atomic E-state index is 4.19. The molecule has 0 fully saturated rings. The topological polar surface area (TPSA) is 49.8 Å². The average Bonchev–Trinajstić information content (AvgIpc) is 2.17. The highest BCUT2D eigenvalue weighted by molar-refractivity contribution is 5.47. The van der Waals surface area contributed by atoms with Crippen LogP contribution in [-0.4, -0.2) is 22.6 Å². The Labute approximate surface area is 91.5 Å². The van der Waals surface area contributed by atoms with Crippen molar-refractivity contribution in [2.45, 2.75) is 39.2 Å². The lowest BCUT2D eigenvalue weighted by Crippen LogP contribution is -2.30. The average molecular weight is 208 g/mol. The second-order valence-corrected chi connectivity index (χ2v) is 4.30. The van der Waals surface area contributed by atoms with Crippen LogP contribution in [0.25, 0.3) is 0 Å². The molecule has 0 aliphatic heterocycles. The quantitative estimate of drug-likeness (QED) is 0.780. The summed E-state index contributed by atoms with van der Waals surface area (Å²) in [6.45, 7) is 6.54. The van der Waals surface area contributed by atoms with Crippen LogP contribution in [0.4, 0.5) is 11.6 Å². The molecule has 15 heavy (non-hydrogen) atoms. The monoisotopic (exact) mass is 208 g/mol. The standard InChI is InChI=1S/C11H20N4/c1-5-6-11(2,3)15-10-7-9(12-4)13-8-14-10/h7-8H,5-6H2,1-4H3,(H2,12,13,14,15). The van der Waals surface area contributed by atoms with Crippen molar-refractivity contribution in [3.8, 4) is 0 Å². The van der Waals surface area contributed by atoms with Crippen LogP contribution in [0.15, 0.2) is 12.4 Å². The van der Waals surface area contributed by atoms with Gasteiger partial charge in [0, 0.05) is 18.7 Å². The minimum absolute atomic E-state index is 0.0775. The van der Waals surface area contributed by atoms with Crippen molar-refractivity contribution in [3.05, 3.63) is 12.4 Å². The second-order valence-electron chi connectivity index (χ2n) is 4.30. The van der Waals surface area contributed by atoms with Crippen LogP contribution in [0.5, 0.6) is 0 Å². The summed E-state index contributed by atoms with van der Waals surface area (Å²) in [6, 6.07) is 1.91. The van der Waals surface area contributed by atoms with Gasteiger partial charge in [-0.1, -0.05) is 13.3 Å². The summed E-state index contributed by atoms with van der Waals surface area (Å²) in [5, 5.41) is 6.40. The van der Waals surface area contributed by atoms with Crippen molar-refractivity contribution in [3.63, 3.8) is 0 Å². The van der Waals surface area contributed by atoms with Crippen LogP contribution < -0.4 is 10.6 Å². The van der Waals surface area contributed by atoms with E-state index in [0.717, 1.165) is 24.5 Å². The van der Waals surface area contributed by atoms with Crippen molar-refractivity contribution in [2.75, 3.05) is 17.7 Å². The molecule has 0 aliphatic carbocycles. The van der Waals surface area contributed by atoms with E-state index in [-0.39, 0.29) is 5.54 Å². The van der Waals surface area contributed by atoms with E-state index < -0.39 is 0 Å². The first-order valence-electron chi connectivity index (χ1n) is 5.35. The molecule has 1 aromatic rings. The molecule has 1 heterocycles. The van der Waals surface area contributed by atoms with Gasteiger partial charge in [0.25, 0.3) is 0 Å². The molecule has 0 spiro atoms. The maximum Gasteiger partial charge on any atom is 0.131 e. The Morgan fingerprint density at radius 2 is 1.93 bits per heavy atom. The Bertz CT molecular complexity index is 309. The number of hydrogen-bond donors (Lipinski definition) is 2. The fourth-order valence-electron chi connectivity index (χ4n) is 1.60. The van der Waals surface area contributed by atoms with Gasteiger partial charge in [0.05, 0.1) is 0 Å². The fraction of sp³-hybridized carbons (Fsp3) is 0.636. The van der Waals surface area contributed by atoms with Crippen molar-refractivity contribution in [2.24, 2.45) is 0 Å². The van der Waals surface area contributed by atoms with Gasteiger partial charge >= 0.3 is 0 Å². The minimum Gasteiger partial charge on any atom is -0.373 e. The number of anilines is 2. The van der Waals surface area contributed by atoms with E-state index in [4.69, 9.17) is 0 Å². The molecule has 84 valence electrons. The largest absolute Gasteiger partial charge is 0.373 e. The first-order chi connectivity index (χ1) is 7.07. The fourth-order valence-corrected chi connectivity index (χ4v) is 1.60. The van der Waals surface area contributed by atoms with Gasteiger partial charge < -0.3 is 10.6 Å². The number of rotatable bonds is 5. The van der Waals surface area contributed by atoms with Gasteiger partial charge in [-0.05, 0) is 20.3 Å². The summed E-state index contributed by atoms with van der Waals surface area (Å²) in [5.41, 5.74) is 0.0775. The van der Waals surface area contributed by atoms with E-state index in [1.54, 1.807) is 6.33 Å². The zero-order valence-electron chi connectivity index (χ0n) is 9.96. The molecule has 0 saturated heterocycles. The van der Waals surface area contributed by atoms with Crippen molar-refractivity contribution in [1.82, 2.24) is 9.97 Å². The van der Waals surface area contributed by atoms with Gasteiger partial charge in [0.1, 0.15) is 18.0 Å². The first kappa shape index (κ1) is 11.8. The molecule has 0 atom stereocenters. The third-order valence-electron chi connectivity index (χ3n) is 2.26. The SMILES string of the molecule is CCCC(C)(C)Nc1cc(NC)ncn1. The van der Waals surface area contributed by atoms with Crippen LogP contribution in [0.1, 0.15) is 33.6 Å². The van der Waals surface area contributed by atoms with Crippen molar-refractivity contribution < 1.29 is 0 Å². The Morgan fingerprint density at radius 1 is 1.27 bits per heavy atom. The lowest BCUT2D eigenvalue weighted by Gasteiger charge is -2.26. The third-order valence-corrected chi connectivity index (χ3v) is 2.26. The smallest absolute Gasteiger partial charge is 0.131 e. The molecule has 0 radical (unpaired) electrons. The molecule has 0 saturated carbocycles. The highest BCUT2D eigenvalue weighted by Gasteiger charge is 2.16. The van der Waals surface area contributed by atoms with Gasteiger partial charge in [0.15, 0.2) is 0 Å². The number of nitrogens with one attached hydrogen (secondary N) is 2. The number of nitrogens with zero attached hydrogens (tertiary/aromatic N) is 2. The summed E-state index contributed by atoms with van der Waals surface area (Å²) in [4.78, 5) is 8.26. The number of hydrogen-bond acceptors (Lipinski definition) is 4. The van der Waals surface area contributed by atoms with E-state index >= 15 is 0 Å². The minimum atomic E-state index is 0.0775. The Balaban J connectivity index is 2.71. The highest BCUT2D eigenvalue weighted by atomic mass is 15.1. The van der Waals surface area contributed by atoms with Crippen LogP contribution in [0.3, 0.4) is 0 Å². The van der Waals surface area contributed by atoms with Crippen molar-refractivity contribution >= 4 is 11.6 Å². The molecule has 4 nitrogen and oxygen atoms in total. The Morgan fingerprint density at radius 3 is 2.53 bits per heavy atom. The molecular formula is C11H20N4. The van der Waals surface area contributed by atoms with Gasteiger partial charge in [-0.2, -0.15) is 0 Å². The second kappa shape index (κ2) is 4.96. The van der Waals surface area contributed by atoms with Crippen LogP contribution >= 0.6 is 0 Å². The highest BCUT2D eigenvalue weighted by Crippen LogP contribution is 2.18.